The third kappa shape index (κ3) is 3.35. The highest BCUT2D eigenvalue weighted by Gasteiger charge is 2.28. The highest BCUT2D eigenvalue weighted by molar-refractivity contribution is 6.42. The van der Waals surface area contributed by atoms with Crippen molar-refractivity contribution < 1.29 is 19.4 Å². The summed E-state index contributed by atoms with van der Waals surface area (Å²) in [5, 5.41) is 9.49. The lowest BCUT2D eigenvalue weighted by atomic mass is 9.99. The third-order valence-corrected chi connectivity index (χ3v) is 3.10. The Kier molecular flexibility index (Phi) is 4.78. The second kappa shape index (κ2) is 5.89. The molecule has 0 amide bonds. The van der Waals surface area contributed by atoms with Crippen molar-refractivity contribution in [3.63, 3.8) is 0 Å². The normalized spacial score (nSPS) is 11.9. The maximum atomic E-state index is 11.3. The molecular formula is C11H10Cl2O4. The van der Waals surface area contributed by atoms with Gasteiger partial charge < -0.3 is 9.84 Å². The van der Waals surface area contributed by atoms with Crippen molar-refractivity contribution >= 4 is 35.1 Å². The van der Waals surface area contributed by atoms with Crippen molar-refractivity contribution in [1.29, 1.82) is 0 Å². The van der Waals surface area contributed by atoms with Gasteiger partial charge in [-0.05, 0) is 18.1 Å². The molecule has 0 aliphatic rings. The van der Waals surface area contributed by atoms with Crippen LogP contribution in [0.1, 0.15) is 5.56 Å². The monoisotopic (exact) mass is 276 g/mol. The van der Waals surface area contributed by atoms with Crippen LogP contribution in [0.3, 0.4) is 0 Å². The summed E-state index contributed by atoms with van der Waals surface area (Å²) in [5.74, 6) is -3.35. The first-order chi connectivity index (χ1) is 7.97. The molecule has 1 aromatic carbocycles. The number of carbonyl (C=O) groups excluding carboxylic acids is 1. The van der Waals surface area contributed by atoms with Crippen molar-refractivity contribution in [1.82, 2.24) is 0 Å². The van der Waals surface area contributed by atoms with Gasteiger partial charge in [-0.25, -0.2) is 0 Å². The van der Waals surface area contributed by atoms with Crippen LogP contribution in [0.4, 0.5) is 0 Å². The molecule has 0 saturated carbocycles. The lowest BCUT2D eigenvalue weighted by Gasteiger charge is -2.11. The Morgan fingerprint density at radius 2 is 2.06 bits per heavy atom. The number of esters is 1. The summed E-state index contributed by atoms with van der Waals surface area (Å²) in [5.41, 5.74) is 0.497. The Morgan fingerprint density at radius 3 is 2.59 bits per heavy atom. The Balaban J connectivity index is 2.98. The maximum absolute atomic E-state index is 11.3. The molecule has 4 nitrogen and oxygen atoms in total. The third-order valence-electron chi connectivity index (χ3n) is 2.24. The van der Waals surface area contributed by atoms with Gasteiger partial charge in [0.1, 0.15) is 0 Å². The number of hydrogen-bond acceptors (Lipinski definition) is 3. The van der Waals surface area contributed by atoms with Crippen molar-refractivity contribution in [2.75, 3.05) is 7.11 Å². The fourth-order valence-electron chi connectivity index (χ4n) is 1.34. The minimum absolute atomic E-state index is 0.0542. The second-order valence-corrected chi connectivity index (χ2v) is 4.12. The molecule has 0 aliphatic carbocycles. The van der Waals surface area contributed by atoms with Gasteiger partial charge in [0.2, 0.25) is 0 Å². The zero-order valence-electron chi connectivity index (χ0n) is 8.94. The van der Waals surface area contributed by atoms with Gasteiger partial charge in [0.25, 0.3) is 0 Å². The van der Waals surface area contributed by atoms with E-state index >= 15 is 0 Å². The van der Waals surface area contributed by atoms with Crippen LogP contribution >= 0.6 is 23.2 Å². The number of carboxylic acid groups (broad SMARTS) is 1. The number of carbonyl (C=O) groups is 2. The summed E-state index contributed by atoms with van der Waals surface area (Å²) in [7, 11) is 1.14. The summed E-state index contributed by atoms with van der Waals surface area (Å²) >= 11 is 11.7. The number of hydrogen-bond donors (Lipinski definition) is 1. The predicted molar refractivity (Wildman–Crippen MR) is 63.3 cm³/mol. The van der Waals surface area contributed by atoms with Crippen molar-refractivity contribution in [2.45, 2.75) is 6.42 Å². The highest BCUT2D eigenvalue weighted by Crippen LogP contribution is 2.27. The molecule has 0 bridgehead atoms. The zero-order chi connectivity index (χ0) is 13.0. The zero-order valence-corrected chi connectivity index (χ0v) is 10.5. The number of benzene rings is 1. The highest BCUT2D eigenvalue weighted by atomic mass is 35.5. The first kappa shape index (κ1) is 13.8. The van der Waals surface area contributed by atoms with Crippen molar-refractivity contribution in [2.24, 2.45) is 5.92 Å². The average Bonchev–Trinajstić information content (AvgIpc) is 2.29. The van der Waals surface area contributed by atoms with Gasteiger partial charge >= 0.3 is 11.9 Å². The van der Waals surface area contributed by atoms with Crippen LogP contribution < -0.4 is 0 Å². The van der Waals surface area contributed by atoms with Crippen LogP contribution in [0.5, 0.6) is 0 Å². The van der Waals surface area contributed by atoms with Gasteiger partial charge in [-0.2, -0.15) is 0 Å². The fraction of sp³-hybridized carbons (Fsp3) is 0.273. The molecule has 0 aromatic heterocycles. The van der Waals surface area contributed by atoms with Gasteiger partial charge in [0.15, 0.2) is 5.92 Å². The SMILES string of the molecule is COC(=O)C(Cc1cccc(Cl)c1Cl)C(=O)O. The number of aliphatic carboxylic acids is 1. The number of methoxy groups -OCH3 is 1. The van der Waals surface area contributed by atoms with Gasteiger partial charge in [0, 0.05) is 0 Å². The molecule has 1 rings (SSSR count). The summed E-state index contributed by atoms with van der Waals surface area (Å²) < 4.78 is 4.42. The van der Waals surface area contributed by atoms with Gasteiger partial charge in [-0.15, -0.1) is 0 Å². The smallest absolute Gasteiger partial charge is 0.320 e. The van der Waals surface area contributed by atoms with Crippen LogP contribution in [-0.2, 0) is 20.7 Å². The summed E-state index contributed by atoms with van der Waals surface area (Å²) in [6.45, 7) is 0. The number of ether oxygens (including phenoxy) is 1. The Hall–Kier alpha value is -1.26. The number of halogens is 2. The Morgan fingerprint density at radius 1 is 1.41 bits per heavy atom. The predicted octanol–water partition coefficient (Wildman–Crippen LogP) is 2.41. The molecule has 0 saturated heterocycles. The minimum Gasteiger partial charge on any atom is -0.481 e. The van der Waals surface area contributed by atoms with Crippen LogP contribution in [0.2, 0.25) is 10.0 Å². The lowest BCUT2D eigenvalue weighted by Crippen LogP contribution is -2.27. The van der Waals surface area contributed by atoms with Crippen LogP contribution in [0.25, 0.3) is 0 Å². The molecule has 0 heterocycles. The van der Waals surface area contributed by atoms with Gasteiger partial charge in [-0.3, -0.25) is 9.59 Å². The molecule has 0 fully saturated rings. The van der Waals surface area contributed by atoms with E-state index < -0.39 is 17.9 Å². The molecule has 0 radical (unpaired) electrons. The largest absolute Gasteiger partial charge is 0.481 e. The molecule has 92 valence electrons. The van der Waals surface area contributed by atoms with Crippen LogP contribution in [-0.4, -0.2) is 24.2 Å². The summed E-state index contributed by atoms with van der Waals surface area (Å²) in [4.78, 5) is 22.2. The standard InChI is InChI=1S/C11H10Cl2O4/c1-17-11(16)7(10(14)15)5-6-3-2-4-8(12)9(6)13/h2-4,7H,5H2,1H3,(H,14,15). The molecule has 17 heavy (non-hydrogen) atoms. The minimum atomic E-state index is -1.28. The molecule has 0 spiro atoms. The fourth-order valence-corrected chi connectivity index (χ4v) is 1.74. The molecule has 1 aromatic rings. The Labute approximate surface area is 108 Å². The van der Waals surface area contributed by atoms with E-state index in [0.717, 1.165) is 7.11 Å². The van der Waals surface area contributed by atoms with E-state index in [-0.39, 0.29) is 11.4 Å². The van der Waals surface area contributed by atoms with Crippen LogP contribution in [0, 0.1) is 5.92 Å². The summed E-state index contributed by atoms with van der Waals surface area (Å²) in [6, 6.07) is 4.84. The topological polar surface area (TPSA) is 63.6 Å². The molecule has 1 unspecified atom stereocenters. The van der Waals surface area contributed by atoms with Gasteiger partial charge in [0.05, 0.1) is 17.2 Å². The quantitative estimate of drug-likeness (QED) is 0.678. The Bertz CT molecular complexity index is 445. The van der Waals surface area contributed by atoms with E-state index in [1.807, 2.05) is 0 Å². The van der Waals surface area contributed by atoms with E-state index in [1.165, 1.54) is 0 Å². The average molecular weight is 277 g/mol. The summed E-state index contributed by atoms with van der Waals surface area (Å²) in [6.07, 6.45) is -0.0542. The van der Waals surface area contributed by atoms with Crippen LogP contribution in [0.15, 0.2) is 18.2 Å². The van der Waals surface area contributed by atoms with Crippen molar-refractivity contribution in [3.05, 3.63) is 33.8 Å². The maximum Gasteiger partial charge on any atom is 0.320 e. The van der Waals surface area contributed by atoms with E-state index in [0.29, 0.717) is 10.6 Å². The van der Waals surface area contributed by atoms with E-state index in [9.17, 15) is 9.59 Å². The van der Waals surface area contributed by atoms with E-state index in [4.69, 9.17) is 28.3 Å². The second-order valence-electron chi connectivity index (χ2n) is 3.33. The lowest BCUT2D eigenvalue weighted by molar-refractivity contribution is -0.156. The first-order valence-electron chi connectivity index (χ1n) is 4.71. The van der Waals surface area contributed by atoms with E-state index in [2.05, 4.69) is 4.74 Å². The van der Waals surface area contributed by atoms with E-state index in [1.54, 1.807) is 18.2 Å². The molecule has 1 atom stereocenters. The first-order valence-corrected chi connectivity index (χ1v) is 5.46. The molecular weight excluding hydrogens is 267 g/mol. The van der Waals surface area contributed by atoms with Gasteiger partial charge in [-0.1, -0.05) is 35.3 Å². The number of rotatable bonds is 4. The number of carboxylic acids is 1. The molecule has 1 N–H and O–H groups in total. The molecule has 6 heteroatoms. The molecule has 0 aliphatic heterocycles. The van der Waals surface area contributed by atoms with Crippen molar-refractivity contribution in [3.8, 4) is 0 Å².